The van der Waals surface area contributed by atoms with Crippen LogP contribution in [0.5, 0.6) is 0 Å². The molecule has 96 valence electrons. The van der Waals surface area contributed by atoms with Gasteiger partial charge < -0.3 is 9.84 Å². The van der Waals surface area contributed by atoms with Crippen molar-refractivity contribution in [2.45, 2.75) is 52.9 Å². The van der Waals surface area contributed by atoms with Gasteiger partial charge in [0.1, 0.15) is 0 Å². The number of aliphatic hydroxyl groups is 1. The summed E-state index contributed by atoms with van der Waals surface area (Å²) >= 11 is 0. The normalized spacial score (nSPS) is 13.6. The summed E-state index contributed by atoms with van der Waals surface area (Å²) in [5.74, 6) is 0.393. The zero-order chi connectivity index (χ0) is 12.6. The van der Waals surface area contributed by atoms with Crippen molar-refractivity contribution >= 4 is 5.97 Å². The lowest BCUT2D eigenvalue weighted by Crippen LogP contribution is -2.21. The first-order chi connectivity index (χ1) is 7.41. The second-order valence-corrected chi connectivity index (χ2v) is 5.40. The lowest BCUT2D eigenvalue weighted by atomic mass is 9.76. The molecule has 0 aliphatic heterocycles. The summed E-state index contributed by atoms with van der Waals surface area (Å²) in [6, 6.07) is 0. The predicted octanol–water partition coefficient (Wildman–Crippen LogP) is 2.76. The average molecular weight is 230 g/mol. The Bertz CT molecular complexity index is 194. The van der Waals surface area contributed by atoms with Crippen molar-refractivity contribution in [2.24, 2.45) is 11.3 Å². The molecule has 0 aromatic heterocycles. The second kappa shape index (κ2) is 7.66. The monoisotopic (exact) mass is 230 g/mol. The van der Waals surface area contributed by atoms with E-state index in [0.717, 1.165) is 25.7 Å². The quantitative estimate of drug-likeness (QED) is 0.540. The highest BCUT2D eigenvalue weighted by molar-refractivity contribution is 5.68. The van der Waals surface area contributed by atoms with Crippen LogP contribution in [0.3, 0.4) is 0 Å². The summed E-state index contributed by atoms with van der Waals surface area (Å²) < 4.78 is 4.59. The highest BCUT2D eigenvalue weighted by Gasteiger charge is 2.23. The van der Waals surface area contributed by atoms with Crippen molar-refractivity contribution < 1.29 is 14.6 Å². The maximum Gasteiger partial charge on any atom is 0.305 e. The van der Waals surface area contributed by atoms with E-state index in [2.05, 4.69) is 25.5 Å². The Hall–Kier alpha value is -0.570. The Labute approximate surface area is 99.2 Å². The molecule has 0 radical (unpaired) electrons. The maximum atomic E-state index is 10.9. The van der Waals surface area contributed by atoms with E-state index in [1.165, 1.54) is 7.11 Å². The summed E-state index contributed by atoms with van der Waals surface area (Å²) in [6.45, 7) is 6.85. The number of esters is 1. The molecule has 0 aliphatic carbocycles. The van der Waals surface area contributed by atoms with E-state index in [1.54, 1.807) is 0 Å². The summed E-state index contributed by atoms with van der Waals surface area (Å²) in [5.41, 5.74) is 0.230. The fourth-order valence-corrected chi connectivity index (χ4v) is 1.93. The average Bonchev–Trinajstić information content (AvgIpc) is 2.20. The molecule has 0 saturated heterocycles. The Morgan fingerprint density at radius 3 is 2.31 bits per heavy atom. The van der Waals surface area contributed by atoms with Crippen LogP contribution in [0, 0.1) is 11.3 Å². The molecule has 0 bridgehead atoms. The molecule has 0 spiro atoms. The van der Waals surface area contributed by atoms with Crippen LogP contribution >= 0.6 is 0 Å². The highest BCUT2D eigenvalue weighted by Crippen LogP contribution is 2.32. The third-order valence-electron chi connectivity index (χ3n) is 3.11. The molecule has 0 fully saturated rings. The molecule has 1 atom stereocenters. The van der Waals surface area contributed by atoms with Crippen molar-refractivity contribution in [2.75, 3.05) is 13.7 Å². The largest absolute Gasteiger partial charge is 0.469 e. The van der Waals surface area contributed by atoms with Gasteiger partial charge >= 0.3 is 5.97 Å². The zero-order valence-corrected chi connectivity index (χ0v) is 11.1. The van der Waals surface area contributed by atoms with Crippen LogP contribution in [0.25, 0.3) is 0 Å². The number of hydrogen-bond acceptors (Lipinski definition) is 3. The molecular formula is C13H26O3. The molecule has 0 saturated carbocycles. The molecule has 0 heterocycles. The van der Waals surface area contributed by atoms with Gasteiger partial charge in [0.15, 0.2) is 0 Å². The summed E-state index contributed by atoms with van der Waals surface area (Å²) in [7, 11) is 1.42. The van der Waals surface area contributed by atoms with Crippen LogP contribution in [-0.2, 0) is 9.53 Å². The van der Waals surface area contributed by atoms with Crippen LogP contribution in [0.1, 0.15) is 52.9 Å². The maximum absolute atomic E-state index is 10.9. The number of carbonyl (C=O) groups is 1. The topological polar surface area (TPSA) is 46.5 Å². The lowest BCUT2D eigenvalue weighted by molar-refractivity contribution is -0.140. The fourth-order valence-electron chi connectivity index (χ4n) is 1.93. The number of rotatable bonds is 7. The first-order valence-corrected chi connectivity index (χ1v) is 6.09. The standard InChI is InChI=1S/C13H26O3/c1-13(2,3)11(9-10-14)7-5-6-8-12(15)16-4/h11,14H,5-10H2,1-4H3. The SMILES string of the molecule is COC(=O)CCCCC(CCO)C(C)(C)C. The van der Waals surface area contributed by atoms with Crippen LogP contribution in [0.4, 0.5) is 0 Å². The van der Waals surface area contributed by atoms with Crippen LogP contribution in [0.15, 0.2) is 0 Å². The molecule has 0 amide bonds. The van der Waals surface area contributed by atoms with E-state index in [4.69, 9.17) is 5.11 Å². The van der Waals surface area contributed by atoms with Crippen LogP contribution in [0.2, 0.25) is 0 Å². The summed E-state index contributed by atoms with van der Waals surface area (Å²) in [4.78, 5) is 10.9. The van der Waals surface area contributed by atoms with Crippen molar-refractivity contribution in [1.29, 1.82) is 0 Å². The first kappa shape index (κ1) is 15.4. The molecule has 0 aliphatic rings. The smallest absolute Gasteiger partial charge is 0.305 e. The van der Waals surface area contributed by atoms with Crippen LogP contribution in [-0.4, -0.2) is 24.8 Å². The van der Waals surface area contributed by atoms with Gasteiger partial charge in [-0.25, -0.2) is 0 Å². The van der Waals surface area contributed by atoms with Gasteiger partial charge in [-0.2, -0.15) is 0 Å². The minimum atomic E-state index is -0.130. The third-order valence-corrected chi connectivity index (χ3v) is 3.11. The van der Waals surface area contributed by atoms with Crippen molar-refractivity contribution in [1.82, 2.24) is 0 Å². The van der Waals surface area contributed by atoms with E-state index >= 15 is 0 Å². The van der Waals surface area contributed by atoms with E-state index in [0.29, 0.717) is 12.3 Å². The number of hydrogen-bond donors (Lipinski definition) is 1. The van der Waals surface area contributed by atoms with Gasteiger partial charge in [0, 0.05) is 13.0 Å². The lowest BCUT2D eigenvalue weighted by Gasteiger charge is -2.30. The van der Waals surface area contributed by atoms with Gasteiger partial charge in [0.2, 0.25) is 0 Å². The van der Waals surface area contributed by atoms with Crippen LogP contribution < -0.4 is 0 Å². The molecule has 0 rings (SSSR count). The molecule has 0 aromatic carbocycles. The molecule has 3 heteroatoms. The Balaban J connectivity index is 3.81. The van der Waals surface area contributed by atoms with Crippen molar-refractivity contribution in [3.63, 3.8) is 0 Å². The van der Waals surface area contributed by atoms with Gasteiger partial charge in [0.25, 0.3) is 0 Å². The van der Waals surface area contributed by atoms with Crippen molar-refractivity contribution in [3.05, 3.63) is 0 Å². The number of unbranched alkanes of at least 4 members (excludes halogenated alkanes) is 1. The Kier molecular flexibility index (Phi) is 7.39. The van der Waals surface area contributed by atoms with E-state index in [-0.39, 0.29) is 18.0 Å². The van der Waals surface area contributed by atoms with E-state index in [9.17, 15) is 4.79 Å². The summed E-state index contributed by atoms with van der Waals surface area (Å²) in [6.07, 6.45) is 4.33. The highest BCUT2D eigenvalue weighted by atomic mass is 16.5. The van der Waals surface area contributed by atoms with Crippen molar-refractivity contribution in [3.8, 4) is 0 Å². The number of aliphatic hydroxyl groups excluding tert-OH is 1. The second-order valence-electron chi connectivity index (χ2n) is 5.40. The number of methoxy groups -OCH3 is 1. The minimum absolute atomic E-state index is 0.130. The van der Waals surface area contributed by atoms with Gasteiger partial charge in [-0.05, 0) is 30.6 Å². The van der Waals surface area contributed by atoms with E-state index in [1.807, 2.05) is 0 Å². The third kappa shape index (κ3) is 6.83. The van der Waals surface area contributed by atoms with E-state index < -0.39 is 0 Å². The predicted molar refractivity (Wildman–Crippen MR) is 65.1 cm³/mol. The molecular weight excluding hydrogens is 204 g/mol. The molecule has 1 unspecified atom stereocenters. The fraction of sp³-hybridized carbons (Fsp3) is 0.923. The summed E-state index contributed by atoms with van der Waals surface area (Å²) in [5, 5.41) is 9.01. The molecule has 16 heavy (non-hydrogen) atoms. The molecule has 1 N–H and O–H groups in total. The molecule has 0 aromatic rings. The number of carbonyl (C=O) groups excluding carboxylic acids is 1. The van der Waals surface area contributed by atoms with Gasteiger partial charge in [-0.15, -0.1) is 0 Å². The minimum Gasteiger partial charge on any atom is -0.469 e. The number of ether oxygens (including phenoxy) is 1. The zero-order valence-electron chi connectivity index (χ0n) is 11.1. The Morgan fingerprint density at radius 2 is 1.88 bits per heavy atom. The molecule has 3 nitrogen and oxygen atoms in total. The van der Waals surface area contributed by atoms with Gasteiger partial charge in [-0.1, -0.05) is 27.2 Å². The van der Waals surface area contributed by atoms with Gasteiger partial charge in [0.05, 0.1) is 7.11 Å². The first-order valence-electron chi connectivity index (χ1n) is 6.09. The van der Waals surface area contributed by atoms with Gasteiger partial charge in [-0.3, -0.25) is 4.79 Å². The Morgan fingerprint density at radius 1 is 1.25 bits per heavy atom.